The molecule has 0 saturated carbocycles. The molecular formula is C19H19IN2O5. The first-order valence-corrected chi connectivity index (χ1v) is 9.32. The van der Waals surface area contributed by atoms with E-state index in [1.54, 1.807) is 42.5 Å². The van der Waals surface area contributed by atoms with Crippen LogP contribution in [0.4, 0.5) is 0 Å². The van der Waals surface area contributed by atoms with Crippen molar-refractivity contribution in [1.29, 1.82) is 0 Å². The van der Waals surface area contributed by atoms with Crippen LogP contribution in [0.2, 0.25) is 0 Å². The molecule has 8 heteroatoms. The highest BCUT2D eigenvalue weighted by Crippen LogP contribution is 2.13. The first-order chi connectivity index (χ1) is 13.0. The number of carbonyl (C=O) groups is 3. The van der Waals surface area contributed by atoms with Crippen molar-refractivity contribution in [2.45, 2.75) is 13.3 Å². The lowest BCUT2D eigenvalue weighted by molar-refractivity contribution is -0.123. The third-order valence-corrected chi connectivity index (χ3v) is 3.97. The van der Waals surface area contributed by atoms with E-state index in [1.807, 2.05) is 13.0 Å². The zero-order valence-electron chi connectivity index (χ0n) is 14.7. The first kappa shape index (κ1) is 20.7. The molecule has 2 rings (SSSR count). The minimum absolute atomic E-state index is 0.285. The average Bonchev–Trinajstić information content (AvgIpc) is 2.69. The van der Waals surface area contributed by atoms with Crippen LogP contribution >= 0.6 is 22.6 Å². The number of ether oxygens (including phenoxy) is 2. The van der Waals surface area contributed by atoms with E-state index in [9.17, 15) is 14.4 Å². The number of benzene rings is 2. The van der Waals surface area contributed by atoms with Gasteiger partial charge in [-0.3, -0.25) is 20.4 Å². The van der Waals surface area contributed by atoms with Crippen LogP contribution in [0.15, 0.2) is 48.5 Å². The first-order valence-electron chi connectivity index (χ1n) is 8.24. The maximum Gasteiger partial charge on any atom is 0.338 e. The summed E-state index contributed by atoms with van der Waals surface area (Å²) < 4.78 is 11.3. The molecular weight excluding hydrogens is 463 g/mol. The molecule has 0 aliphatic heterocycles. The zero-order valence-corrected chi connectivity index (χ0v) is 16.8. The molecule has 7 nitrogen and oxygen atoms in total. The number of hydrazine groups is 1. The van der Waals surface area contributed by atoms with Gasteiger partial charge in [0.15, 0.2) is 6.61 Å². The Morgan fingerprint density at radius 1 is 1.00 bits per heavy atom. The summed E-state index contributed by atoms with van der Waals surface area (Å²) in [5.74, 6) is -0.919. The zero-order chi connectivity index (χ0) is 19.6. The SMILES string of the molecule is CCCOC(=O)c1ccc(OCC(=O)NNC(=O)c2cccc(I)c2)cc1. The van der Waals surface area contributed by atoms with Crippen LogP contribution in [0.5, 0.6) is 5.75 Å². The maximum atomic E-state index is 11.9. The van der Waals surface area contributed by atoms with Gasteiger partial charge in [0.05, 0.1) is 12.2 Å². The summed E-state index contributed by atoms with van der Waals surface area (Å²) in [4.78, 5) is 35.4. The van der Waals surface area contributed by atoms with Crippen molar-refractivity contribution in [1.82, 2.24) is 10.9 Å². The fraction of sp³-hybridized carbons (Fsp3) is 0.211. The molecule has 0 unspecified atom stereocenters. The van der Waals surface area contributed by atoms with E-state index in [0.29, 0.717) is 23.5 Å². The lowest BCUT2D eigenvalue weighted by Gasteiger charge is -2.09. The van der Waals surface area contributed by atoms with E-state index >= 15 is 0 Å². The second kappa shape index (κ2) is 10.5. The summed E-state index contributed by atoms with van der Waals surface area (Å²) in [6.45, 7) is 2.00. The van der Waals surface area contributed by atoms with Crippen molar-refractivity contribution < 1.29 is 23.9 Å². The summed E-state index contributed by atoms with van der Waals surface area (Å²) in [6, 6.07) is 13.2. The molecule has 0 aliphatic rings. The molecule has 0 spiro atoms. The number of esters is 1. The van der Waals surface area contributed by atoms with Crippen LogP contribution < -0.4 is 15.6 Å². The van der Waals surface area contributed by atoms with E-state index in [2.05, 4.69) is 33.4 Å². The van der Waals surface area contributed by atoms with Gasteiger partial charge in [-0.2, -0.15) is 0 Å². The van der Waals surface area contributed by atoms with Gasteiger partial charge in [-0.1, -0.05) is 13.0 Å². The molecule has 0 atom stereocenters. The van der Waals surface area contributed by atoms with Crippen LogP contribution in [0.3, 0.4) is 0 Å². The molecule has 0 fully saturated rings. The van der Waals surface area contributed by atoms with Gasteiger partial charge in [0.2, 0.25) is 0 Å². The highest BCUT2D eigenvalue weighted by Gasteiger charge is 2.09. The Morgan fingerprint density at radius 2 is 1.74 bits per heavy atom. The summed E-state index contributed by atoms with van der Waals surface area (Å²) in [5.41, 5.74) is 5.45. The molecule has 2 aromatic carbocycles. The topological polar surface area (TPSA) is 93.7 Å². The van der Waals surface area contributed by atoms with Crippen molar-refractivity contribution in [3.8, 4) is 5.75 Å². The summed E-state index contributed by atoms with van der Waals surface area (Å²) in [7, 11) is 0. The van der Waals surface area contributed by atoms with Gasteiger partial charge in [-0.25, -0.2) is 4.79 Å². The second-order valence-corrected chi connectivity index (χ2v) is 6.71. The van der Waals surface area contributed by atoms with E-state index in [0.717, 1.165) is 9.99 Å². The average molecular weight is 482 g/mol. The third kappa shape index (κ3) is 6.89. The highest BCUT2D eigenvalue weighted by molar-refractivity contribution is 14.1. The molecule has 2 N–H and O–H groups in total. The van der Waals surface area contributed by atoms with Crippen molar-refractivity contribution in [2.24, 2.45) is 0 Å². The van der Waals surface area contributed by atoms with Gasteiger partial charge in [0, 0.05) is 9.13 Å². The van der Waals surface area contributed by atoms with Gasteiger partial charge in [-0.05, 0) is 71.5 Å². The number of amides is 2. The van der Waals surface area contributed by atoms with Crippen molar-refractivity contribution in [3.05, 3.63) is 63.2 Å². The van der Waals surface area contributed by atoms with Crippen LogP contribution in [-0.2, 0) is 9.53 Å². The van der Waals surface area contributed by atoms with E-state index < -0.39 is 17.8 Å². The molecule has 0 bridgehead atoms. The summed E-state index contributed by atoms with van der Waals surface area (Å²) >= 11 is 2.10. The summed E-state index contributed by atoms with van der Waals surface area (Å²) in [6.07, 6.45) is 0.752. The Labute approximate surface area is 170 Å². The third-order valence-electron chi connectivity index (χ3n) is 3.30. The normalized spacial score (nSPS) is 10.0. The Morgan fingerprint density at radius 3 is 2.41 bits per heavy atom. The molecule has 27 heavy (non-hydrogen) atoms. The fourth-order valence-corrected chi connectivity index (χ4v) is 2.52. The monoisotopic (exact) mass is 482 g/mol. The Hall–Kier alpha value is -2.62. The Balaban J connectivity index is 1.76. The number of nitrogens with one attached hydrogen (secondary N) is 2. The Kier molecular flexibility index (Phi) is 8.05. The number of hydrogen-bond donors (Lipinski definition) is 2. The number of carbonyl (C=O) groups excluding carboxylic acids is 3. The van der Waals surface area contributed by atoms with Crippen molar-refractivity contribution >= 4 is 40.4 Å². The number of hydrogen-bond acceptors (Lipinski definition) is 5. The Bertz CT molecular complexity index is 808. The fourth-order valence-electron chi connectivity index (χ4n) is 1.98. The van der Waals surface area contributed by atoms with Crippen molar-refractivity contribution in [2.75, 3.05) is 13.2 Å². The number of halogens is 1. The van der Waals surface area contributed by atoms with Crippen LogP contribution in [0, 0.1) is 3.57 Å². The lowest BCUT2D eigenvalue weighted by Crippen LogP contribution is -2.43. The predicted octanol–water partition coefficient (Wildman–Crippen LogP) is 2.70. The molecule has 2 aromatic rings. The summed E-state index contributed by atoms with van der Waals surface area (Å²) in [5, 5.41) is 0. The van der Waals surface area contributed by atoms with Gasteiger partial charge in [0.25, 0.3) is 11.8 Å². The standard InChI is InChI=1S/C19H19IN2O5/c1-2-10-26-19(25)13-6-8-16(9-7-13)27-12-17(23)21-22-18(24)14-4-3-5-15(20)11-14/h3-9,11H,2,10,12H2,1H3,(H,21,23)(H,22,24). The molecule has 0 aliphatic carbocycles. The van der Waals surface area contributed by atoms with Crippen LogP contribution in [-0.4, -0.2) is 31.0 Å². The quantitative estimate of drug-likeness (QED) is 0.360. The van der Waals surface area contributed by atoms with E-state index in [4.69, 9.17) is 9.47 Å². The minimum atomic E-state index is -0.514. The smallest absolute Gasteiger partial charge is 0.338 e. The minimum Gasteiger partial charge on any atom is -0.484 e. The van der Waals surface area contributed by atoms with Crippen LogP contribution in [0.25, 0.3) is 0 Å². The largest absolute Gasteiger partial charge is 0.484 e. The van der Waals surface area contributed by atoms with Crippen molar-refractivity contribution in [3.63, 3.8) is 0 Å². The van der Waals surface area contributed by atoms with Gasteiger partial charge >= 0.3 is 5.97 Å². The molecule has 0 aromatic heterocycles. The maximum absolute atomic E-state index is 11.9. The van der Waals surface area contributed by atoms with Gasteiger partial charge in [0.1, 0.15) is 5.75 Å². The van der Waals surface area contributed by atoms with Gasteiger partial charge in [-0.15, -0.1) is 0 Å². The van der Waals surface area contributed by atoms with E-state index in [-0.39, 0.29) is 6.61 Å². The predicted molar refractivity (Wildman–Crippen MR) is 107 cm³/mol. The second-order valence-electron chi connectivity index (χ2n) is 5.46. The molecule has 142 valence electrons. The number of rotatable bonds is 7. The molecule has 0 radical (unpaired) electrons. The van der Waals surface area contributed by atoms with E-state index in [1.165, 1.54) is 0 Å². The van der Waals surface area contributed by atoms with Crippen LogP contribution in [0.1, 0.15) is 34.1 Å². The highest BCUT2D eigenvalue weighted by atomic mass is 127. The molecule has 0 heterocycles. The molecule has 2 amide bonds. The van der Waals surface area contributed by atoms with Gasteiger partial charge < -0.3 is 9.47 Å². The molecule has 0 saturated heterocycles. The lowest BCUT2D eigenvalue weighted by atomic mass is 10.2.